The maximum atomic E-state index is 2.65. The van der Waals surface area contributed by atoms with E-state index in [2.05, 4.69) is 20.8 Å². The maximum Gasteiger partial charge on any atom is -0.0235 e. The molecule has 3 aliphatic rings. The van der Waals surface area contributed by atoms with E-state index in [9.17, 15) is 0 Å². The van der Waals surface area contributed by atoms with Gasteiger partial charge in [-0.1, -0.05) is 104 Å². The predicted octanol–water partition coefficient (Wildman–Crippen LogP) is 8.60. The summed E-state index contributed by atoms with van der Waals surface area (Å²) in [5.41, 5.74) is 0. The Balaban J connectivity index is 1.61. The summed E-state index contributed by atoms with van der Waals surface area (Å²) in [6.45, 7) is 7.80. The minimum Gasteiger partial charge on any atom is -0.0622 e. The number of hydrogen-bond acceptors (Lipinski definition) is 0. The van der Waals surface area contributed by atoms with Crippen molar-refractivity contribution in [3.8, 4) is 0 Å². The summed E-state index contributed by atoms with van der Waals surface area (Å²) >= 11 is 0. The molecule has 5 unspecified atom stereocenters. The summed E-state index contributed by atoms with van der Waals surface area (Å²) in [6.07, 6.45) is 24.0. The smallest absolute Gasteiger partial charge is 0.0235 e. The van der Waals surface area contributed by atoms with Crippen LogP contribution in [0.4, 0.5) is 0 Å². The van der Waals surface area contributed by atoms with Gasteiger partial charge in [-0.25, -0.2) is 0 Å². The molecule has 0 aromatic heterocycles. The molecule has 0 aromatic rings. The van der Waals surface area contributed by atoms with E-state index in [1.165, 1.54) is 103 Å². The Labute approximate surface area is 165 Å². The monoisotopic (exact) mass is 359 g/mol. The molecule has 0 bridgehead atoms. The number of hydrogen-bond donors (Lipinski definition) is 0. The quantitative estimate of drug-likeness (QED) is 0.441. The van der Waals surface area contributed by atoms with Crippen molar-refractivity contribution < 1.29 is 0 Å². The topological polar surface area (TPSA) is 0 Å². The molecule has 0 N–H and O–H groups in total. The minimum absolute atomic E-state index is 0.956. The molecule has 151 valence electrons. The zero-order valence-corrected chi connectivity index (χ0v) is 18.3. The number of rotatable bonds is 4. The highest BCUT2D eigenvalue weighted by molar-refractivity contribution is 4.99. The van der Waals surface area contributed by atoms with Crippen LogP contribution in [0.1, 0.15) is 124 Å². The predicted molar refractivity (Wildman–Crippen MR) is 115 cm³/mol. The van der Waals surface area contributed by atoms with Crippen LogP contribution in [0.25, 0.3) is 0 Å². The summed E-state index contributed by atoms with van der Waals surface area (Å²) in [5.74, 6) is 7.90. The van der Waals surface area contributed by atoms with Gasteiger partial charge in [0.25, 0.3) is 0 Å². The Bertz CT molecular complexity index is 377. The normalized spacial score (nSPS) is 37.5. The lowest BCUT2D eigenvalue weighted by molar-refractivity contribution is 0.162. The van der Waals surface area contributed by atoms with Crippen molar-refractivity contribution in [1.82, 2.24) is 0 Å². The third-order valence-electron chi connectivity index (χ3n) is 8.85. The van der Waals surface area contributed by atoms with Gasteiger partial charge < -0.3 is 0 Å². The third-order valence-corrected chi connectivity index (χ3v) is 8.85. The zero-order valence-electron chi connectivity index (χ0n) is 18.3. The van der Waals surface area contributed by atoms with Crippen LogP contribution in [0.3, 0.4) is 0 Å². The van der Waals surface area contributed by atoms with Crippen LogP contribution in [-0.2, 0) is 0 Å². The zero-order chi connectivity index (χ0) is 18.4. The Morgan fingerprint density at radius 3 is 2.12 bits per heavy atom. The fraction of sp³-hybridized carbons (Fsp3) is 0.962. The second kappa shape index (κ2) is 10.5. The van der Waals surface area contributed by atoms with Crippen molar-refractivity contribution >= 4 is 0 Å². The first-order valence-corrected chi connectivity index (χ1v) is 12.5. The molecular formula is C26H47. The summed E-state index contributed by atoms with van der Waals surface area (Å²) in [4.78, 5) is 0. The van der Waals surface area contributed by atoms with Crippen LogP contribution in [-0.4, -0.2) is 0 Å². The van der Waals surface area contributed by atoms with Crippen molar-refractivity contribution in [3.63, 3.8) is 0 Å². The molecule has 0 heteroatoms. The third kappa shape index (κ3) is 5.75. The molecule has 0 heterocycles. The first-order chi connectivity index (χ1) is 12.6. The molecule has 3 rings (SSSR count). The largest absolute Gasteiger partial charge is 0.0622 e. The van der Waals surface area contributed by atoms with Crippen molar-refractivity contribution in [2.24, 2.45) is 35.5 Å². The summed E-state index contributed by atoms with van der Waals surface area (Å²) < 4.78 is 0. The van der Waals surface area contributed by atoms with Crippen molar-refractivity contribution in [1.29, 1.82) is 0 Å². The molecular weight excluding hydrogens is 312 g/mol. The molecule has 3 fully saturated rings. The van der Waals surface area contributed by atoms with Gasteiger partial charge in [-0.05, 0) is 60.7 Å². The van der Waals surface area contributed by atoms with Crippen molar-refractivity contribution in [2.45, 2.75) is 124 Å². The van der Waals surface area contributed by atoms with Crippen LogP contribution < -0.4 is 0 Å². The van der Waals surface area contributed by atoms with Crippen LogP contribution in [0.5, 0.6) is 0 Å². The van der Waals surface area contributed by atoms with Crippen LogP contribution in [0.2, 0.25) is 0 Å². The van der Waals surface area contributed by atoms with Gasteiger partial charge >= 0.3 is 0 Å². The Morgan fingerprint density at radius 1 is 0.731 bits per heavy atom. The second-order valence-corrected chi connectivity index (χ2v) is 10.7. The van der Waals surface area contributed by atoms with Crippen LogP contribution in [0, 0.1) is 41.4 Å². The highest BCUT2D eigenvalue weighted by Gasteiger charge is 2.35. The maximum absolute atomic E-state index is 2.65. The van der Waals surface area contributed by atoms with Crippen molar-refractivity contribution in [3.05, 3.63) is 5.92 Å². The molecule has 1 radical (unpaired) electrons. The molecule has 0 aromatic carbocycles. The summed E-state index contributed by atoms with van der Waals surface area (Å²) in [7, 11) is 0. The molecule has 0 saturated heterocycles. The average molecular weight is 360 g/mol. The van der Waals surface area contributed by atoms with Gasteiger partial charge in [-0.3, -0.25) is 0 Å². The Kier molecular flexibility index (Phi) is 8.39. The van der Waals surface area contributed by atoms with E-state index in [0.717, 1.165) is 35.5 Å². The lowest BCUT2D eigenvalue weighted by Crippen LogP contribution is -2.27. The second-order valence-electron chi connectivity index (χ2n) is 10.7. The fourth-order valence-electron chi connectivity index (χ4n) is 6.84. The molecule has 0 nitrogen and oxygen atoms in total. The van der Waals surface area contributed by atoms with Gasteiger partial charge in [0.15, 0.2) is 0 Å². The van der Waals surface area contributed by atoms with E-state index < -0.39 is 0 Å². The summed E-state index contributed by atoms with van der Waals surface area (Å²) in [6, 6.07) is 0. The fourth-order valence-corrected chi connectivity index (χ4v) is 6.84. The SMILES string of the molecule is CC1CCCCCC1C[C]1CCCC(C)C(C(C)C2CCCCCC2)C1. The Hall–Kier alpha value is 0. The average Bonchev–Trinajstić information content (AvgIpc) is 3.08. The highest BCUT2D eigenvalue weighted by Crippen LogP contribution is 2.46. The summed E-state index contributed by atoms with van der Waals surface area (Å²) in [5, 5.41) is 0. The van der Waals surface area contributed by atoms with Crippen LogP contribution in [0.15, 0.2) is 0 Å². The van der Waals surface area contributed by atoms with E-state index in [4.69, 9.17) is 0 Å². The van der Waals surface area contributed by atoms with Gasteiger partial charge in [0.05, 0.1) is 0 Å². The first kappa shape index (κ1) is 20.7. The van der Waals surface area contributed by atoms with E-state index in [0.29, 0.717) is 0 Å². The molecule has 5 atom stereocenters. The standard InChI is InChI=1S/C26H47/c1-20-12-7-6-10-17-25(20)18-23-14-11-13-21(2)26(19-23)22(3)24-15-8-4-5-9-16-24/h20-22,24-26H,4-19H2,1-3H3. The highest BCUT2D eigenvalue weighted by atomic mass is 14.4. The van der Waals surface area contributed by atoms with Crippen molar-refractivity contribution in [2.75, 3.05) is 0 Å². The van der Waals surface area contributed by atoms with Gasteiger partial charge in [-0.2, -0.15) is 0 Å². The van der Waals surface area contributed by atoms with Gasteiger partial charge in [0.1, 0.15) is 0 Å². The minimum atomic E-state index is 0.956. The molecule has 3 saturated carbocycles. The van der Waals surface area contributed by atoms with Crippen LogP contribution >= 0.6 is 0 Å². The molecule has 26 heavy (non-hydrogen) atoms. The molecule has 0 amide bonds. The lowest BCUT2D eigenvalue weighted by atomic mass is 9.69. The molecule has 3 aliphatic carbocycles. The van der Waals surface area contributed by atoms with E-state index >= 15 is 0 Å². The molecule has 0 aliphatic heterocycles. The van der Waals surface area contributed by atoms with Gasteiger partial charge in [0, 0.05) is 0 Å². The lowest BCUT2D eigenvalue weighted by Gasteiger charge is -2.36. The van der Waals surface area contributed by atoms with Gasteiger partial charge in [-0.15, -0.1) is 0 Å². The van der Waals surface area contributed by atoms with Gasteiger partial charge in [0.2, 0.25) is 0 Å². The molecule has 0 spiro atoms. The van der Waals surface area contributed by atoms with E-state index in [1.54, 1.807) is 0 Å². The first-order valence-electron chi connectivity index (χ1n) is 12.5. The van der Waals surface area contributed by atoms with E-state index in [-0.39, 0.29) is 0 Å². The van der Waals surface area contributed by atoms with E-state index in [1.807, 2.05) is 5.92 Å². The Morgan fingerprint density at radius 2 is 1.35 bits per heavy atom.